The first-order valence-electron chi connectivity index (χ1n) is 11.3. The molecule has 0 bridgehead atoms. The molecule has 0 radical (unpaired) electrons. The summed E-state index contributed by atoms with van der Waals surface area (Å²) in [7, 11) is 1.24. The largest absolute Gasteiger partial charge is 0.465 e. The molecule has 3 aromatic rings. The Hall–Kier alpha value is -3.69. The van der Waals surface area contributed by atoms with Gasteiger partial charge in [0.25, 0.3) is 5.91 Å². The highest BCUT2D eigenvalue weighted by Crippen LogP contribution is 2.29. The molecule has 0 heterocycles. The summed E-state index contributed by atoms with van der Waals surface area (Å²) in [5.41, 5.74) is 0.988. The Balaban J connectivity index is 1.69. The standard InChI is InChI=1S/C27H27F3N2O4/c1-36-26(35)21-11-6-10-20(15-21)25(34)32-23(14-18-7-3-2-4-8-18)24(33)17-31-16-19-9-5-12-22(13-19)27(28,29)30/h2-13,15,23-24,31,33H,14,16-17H2,1H3,(H,32,34)/t23-,24+/m0/s1. The third-order valence-electron chi connectivity index (χ3n) is 5.56. The zero-order chi connectivity index (χ0) is 26.1. The quantitative estimate of drug-likeness (QED) is 0.367. The van der Waals surface area contributed by atoms with Gasteiger partial charge in [0.2, 0.25) is 0 Å². The summed E-state index contributed by atoms with van der Waals surface area (Å²) in [6.45, 7) is 0.129. The predicted molar refractivity (Wildman–Crippen MR) is 128 cm³/mol. The number of amides is 1. The SMILES string of the molecule is COC(=O)c1cccc(C(=O)N[C@@H](Cc2ccccc2)[C@H](O)CNCc2cccc(C(F)(F)F)c2)c1. The van der Waals surface area contributed by atoms with E-state index in [0.29, 0.717) is 12.0 Å². The molecule has 3 N–H and O–H groups in total. The Morgan fingerprint density at radius 2 is 1.58 bits per heavy atom. The van der Waals surface area contributed by atoms with Crippen molar-refractivity contribution in [2.24, 2.45) is 0 Å². The van der Waals surface area contributed by atoms with Gasteiger partial charge in [-0.25, -0.2) is 4.79 Å². The third-order valence-corrected chi connectivity index (χ3v) is 5.56. The van der Waals surface area contributed by atoms with Crippen molar-refractivity contribution in [2.75, 3.05) is 13.7 Å². The van der Waals surface area contributed by atoms with Crippen LogP contribution in [0.4, 0.5) is 13.2 Å². The fourth-order valence-corrected chi connectivity index (χ4v) is 3.67. The molecule has 0 saturated carbocycles. The lowest BCUT2D eigenvalue weighted by Crippen LogP contribution is -2.48. The van der Waals surface area contributed by atoms with Crippen molar-refractivity contribution in [3.8, 4) is 0 Å². The van der Waals surface area contributed by atoms with Crippen molar-refractivity contribution in [1.82, 2.24) is 10.6 Å². The second kappa shape index (κ2) is 12.3. The number of benzene rings is 3. The Labute approximate surface area is 207 Å². The molecule has 0 saturated heterocycles. The number of esters is 1. The van der Waals surface area contributed by atoms with Gasteiger partial charge >= 0.3 is 12.1 Å². The van der Waals surface area contributed by atoms with Gasteiger partial charge in [-0.2, -0.15) is 13.2 Å². The Bertz CT molecular complexity index is 1170. The van der Waals surface area contributed by atoms with Crippen LogP contribution in [0, 0.1) is 0 Å². The van der Waals surface area contributed by atoms with Gasteiger partial charge in [-0.15, -0.1) is 0 Å². The van der Waals surface area contributed by atoms with Crippen LogP contribution in [0.15, 0.2) is 78.9 Å². The van der Waals surface area contributed by atoms with Gasteiger partial charge in [-0.05, 0) is 41.8 Å². The molecule has 3 rings (SSSR count). The monoisotopic (exact) mass is 500 g/mol. The number of alkyl halides is 3. The molecule has 0 fully saturated rings. The predicted octanol–water partition coefficient (Wildman–Crippen LogP) is 3.98. The molecule has 6 nitrogen and oxygen atoms in total. The molecule has 190 valence electrons. The first-order chi connectivity index (χ1) is 17.2. The molecule has 0 aromatic heterocycles. The minimum Gasteiger partial charge on any atom is -0.465 e. The number of aliphatic hydroxyl groups excluding tert-OH is 1. The zero-order valence-corrected chi connectivity index (χ0v) is 19.6. The maximum atomic E-state index is 13.0. The highest BCUT2D eigenvalue weighted by molar-refractivity contribution is 5.98. The van der Waals surface area contributed by atoms with Crippen molar-refractivity contribution in [3.63, 3.8) is 0 Å². The normalized spacial score (nSPS) is 13.0. The van der Waals surface area contributed by atoms with Crippen molar-refractivity contribution in [2.45, 2.75) is 31.3 Å². The van der Waals surface area contributed by atoms with Crippen molar-refractivity contribution in [3.05, 3.63) is 107 Å². The second-order valence-electron chi connectivity index (χ2n) is 8.24. The van der Waals surface area contributed by atoms with Gasteiger partial charge in [0.15, 0.2) is 0 Å². The summed E-state index contributed by atoms with van der Waals surface area (Å²) in [4.78, 5) is 24.7. The lowest BCUT2D eigenvalue weighted by molar-refractivity contribution is -0.137. The van der Waals surface area contributed by atoms with Crippen molar-refractivity contribution >= 4 is 11.9 Å². The van der Waals surface area contributed by atoms with Crippen LogP contribution in [0.1, 0.15) is 37.4 Å². The molecular weight excluding hydrogens is 473 g/mol. The Kier molecular flexibility index (Phi) is 9.21. The molecule has 3 aromatic carbocycles. The molecule has 0 unspecified atom stereocenters. The molecule has 0 spiro atoms. The molecule has 2 atom stereocenters. The van der Waals surface area contributed by atoms with E-state index in [4.69, 9.17) is 4.74 Å². The number of rotatable bonds is 10. The van der Waals surface area contributed by atoms with Gasteiger partial charge < -0.3 is 20.5 Å². The molecule has 9 heteroatoms. The van der Waals surface area contributed by atoms with E-state index in [2.05, 4.69) is 10.6 Å². The summed E-state index contributed by atoms with van der Waals surface area (Å²) in [6.07, 6.45) is -5.18. The molecule has 36 heavy (non-hydrogen) atoms. The van der Waals surface area contributed by atoms with Gasteiger partial charge in [0.05, 0.1) is 30.4 Å². The smallest absolute Gasteiger partial charge is 0.416 e. The molecule has 0 aliphatic rings. The number of aliphatic hydroxyl groups is 1. The van der Waals surface area contributed by atoms with E-state index in [9.17, 15) is 27.9 Å². The lowest BCUT2D eigenvalue weighted by Gasteiger charge is -2.25. The zero-order valence-electron chi connectivity index (χ0n) is 19.6. The van der Waals surface area contributed by atoms with Crippen LogP contribution in [0.5, 0.6) is 0 Å². The molecule has 1 amide bonds. The third kappa shape index (κ3) is 7.66. The van der Waals surface area contributed by atoms with E-state index in [0.717, 1.165) is 17.7 Å². The average molecular weight is 501 g/mol. The summed E-state index contributed by atoms with van der Waals surface area (Å²) in [5.74, 6) is -1.07. The van der Waals surface area contributed by atoms with Gasteiger partial charge in [-0.3, -0.25) is 4.79 Å². The summed E-state index contributed by atoms with van der Waals surface area (Å²) in [6, 6.07) is 19.5. The highest BCUT2D eigenvalue weighted by atomic mass is 19.4. The fourth-order valence-electron chi connectivity index (χ4n) is 3.67. The van der Waals surface area contributed by atoms with E-state index in [1.54, 1.807) is 18.2 Å². The van der Waals surface area contributed by atoms with E-state index < -0.39 is 35.8 Å². The average Bonchev–Trinajstić information content (AvgIpc) is 2.88. The summed E-state index contributed by atoms with van der Waals surface area (Å²) < 4.78 is 43.6. The minimum absolute atomic E-state index is 0.0240. The lowest BCUT2D eigenvalue weighted by atomic mass is 10.00. The summed E-state index contributed by atoms with van der Waals surface area (Å²) in [5, 5.41) is 16.7. The first kappa shape index (κ1) is 26.9. The number of hydrogen-bond donors (Lipinski definition) is 3. The molecular formula is C27H27F3N2O4. The number of ether oxygens (including phenoxy) is 1. The van der Waals surface area contributed by atoms with Gasteiger partial charge in [0, 0.05) is 18.7 Å². The van der Waals surface area contributed by atoms with E-state index >= 15 is 0 Å². The number of carbonyl (C=O) groups is 2. The van der Waals surface area contributed by atoms with Gasteiger partial charge in [-0.1, -0.05) is 54.6 Å². The van der Waals surface area contributed by atoms with Crippen LogP contribution in [0.3, 0.4) is 0 Å². The topological polar surface area (TPSA) is 87.7 Å². The second-order valence-corrected chi connectivity index (χ2v) is 8.24. The summed E-state index contributed by atoms with van der Waals surface area (Å²) >= 11 is 0. The number of halogens is 3. The van der Waals surface area contributed by atoms with Crippen LogP contribution in [-0.4, -0.2) is 42.8 Å². The molecule has 0 aliphatic heterocycles. The van der Waals surface area contributed by atoms with E-state index in [1.165, 1.54) is 25.3 Å². The maximum Gasteiger partial charge on any atom is 0.416 e. The fraction of sp³-hybridized carbons (Fsp3) is 0.259. The Morgan fingerprint density at radius 3 is 2.28 bits per heavy atom. The maximum absolute atomic E-state index is 13.0. The Morgan fingerprint density at radius 1 is 0.917 bits per heavy atom. The van der Waals surface area contributed by atoms with Crippen LogP contribution in [0.2, 0.25) is 0 Å². The number of carbonyl (C=O) groups excluding carboxylic acids is 2. The molecule has 0 aliphatic carbocycles. The van der Waals surface area contributed by atoms with E-state index in [1.807, 2.05) is 30.3 Å². The van der Waals surface area contributed by atoms with Crippen molar-refractivity contribution in [1.29, 1.82) is 0 Å². The number of hydrogen-bond acceptors (Lipinski definition) is 5. The first-order valence-corrected chi connectivity index (χ1v) is 11.3. The van der Waals surface area contributed by atoms with Crippen molar-refractivity contribution < 1.29 is 32.6 Å². The van der Waals surface area contributed by atoms with Crippen LogP contribution < -0.4 is 10.6 Å². The minimum atomic E-state index is -4.44. The number of nitrogens with one attached hydrogen (secondary N) is 2. The van der Waals surface area contributed by atoms with E-state index in [-0.39, 0.29) is 24.2 Å². The van der Waals surface area contributed by atoms with Crippen LogP contribution in [0.25, 0.3) is 0 Å². The van der Waals surface area contributed by atoms with Crippen LogP contribution in [-0.2, 0) is 23.9 Å². The van der Waals surface area contributed by atoms with Crippen LogP contribution >= 0.6 is 0 Å². The van der Waals surface area contributed by atoms with Gasteiger partial charge in [0.1, 0.15) is 0 Å². The highest BCUT2D eigenvalue weighted by Gasteiger charge is 2.30. The number of methoxy groups -OCH3 is 1.